The second-order valence-corrected chi connectivity index (χ2v) is 16.0. The number of unbranched alkanes of at least 4 members (excludes halogenated alkanes) is 5. The van der Waals surface area contributed by atoms with Crippen LogP contribution < -0.4 is 0 Å². The summed E-state index contributed by atoms with van der Waals surface area (Å²) in [5, 5.41) is 12.1. The number of rotatable bonds is 23. The number of hydrogen-bond donors (Lipinski definition) is 0. The first kappa shape index (κ1) is 44.3. The van der Waals surface area contributed by atoms with Crippen LogP contribution in [0.3, 0.4) is 0 Å². The van der Waals surface area contributed by atoms with Crippen LogP contribution in [0.5, 0.6) is 0 Å². The summed E-state index contributed by atoms with van der Waals surface area (Å²) in [4.78, 5) is 58.0. The van der Waals surface area contributed by atoms with E-state index in [4.69, 9.17) is 32.0 Å². The fraction of sp³-hybridized carbons (Fsp3) is 0.409. The molecule has 2 fully saturated rings. The summed E-state index contributed by atoms with van der Waals surface area (Å²) in [6.07, 6.45) is 10.6. The molecule has 0 aliphatic carbocycles. The second kappa shape index (κ2) is 21.8. The maximum Gasteiger partial charge on any atom is 0.347 e. The van der Waals surface area contributed by atoms with E-state index in [1.165, 1.54) is 32.2 Å². The molecular formula is C44H52Cl2N8O6. The molecule has 2 saturated heterocycles. The molecule has 0 bridgehead atoms. The molecule has 0 unspecified atom stereocenters. The summed E-state index contributed by atoms with van der Waals surface area (Å²) in [5.74, 6) is 1.75. The summed E-state index contributed by atoms with van der Waals surface area (Å²) in [6, 6.07) is 20.9. The number of halogens is 2. The Hall–Kier alpha value is -5.28. The van der Waals surface area contributed by atoms with Gasteiger partial charge in [0.05, 0.1) is 12.4 Å². The zero-order valence-corrected chi connectivity index (χ0v) is 35.7. The minimum absolute atomic E-state index is 0.0854. The number of hydrogen-bond acceptors (Lipinski definition) is 10. The topological polar surface area (TPSA) is 139 Å². The maximum absolute atomic E-state index is 12.9. The maximum atomic E-state index is 12.9. The molecule has 0 atom stereocenters. The first-order valence-corrected chi connectivity index (χ1v) is 21.2. The highest BCUT2D eigenvalue weighted by Gasteiger charge is 2.36. The first-order chi connectivity index (χ1) is 29.0. The molecule has 6 rings (SSSR count). The normalized spacial score (nSPS) is 15.0. The summed E-state index contributed by atoms with van der Waals surface area (Å²) in [7, 11) is 4.22. The zero-order chi connectivity index (χ0) is 42.4. The average Bonchev–Trinajstić information content (AvgIpc) is 4.02. The van der Waals surface area contributed by atoms with Crippen molar-refractivity contribution in [2.45, 2.75) is 51.4 Å². The molecule has 6 amide bonds. The molecular weight excluding hydrogens is 807 g/mol. The Morgan fingerprint density at radius 1 is 0.533 bits per heavy atom. The van der Waals surface area contributed by atoms with Crippen molar-refractivity contribution in [2.24, 2.45) is 10.2 Å². The van der Waals surface area contributed by atoms with E-state index in [9.17, 15) is 19.2 Å². The molecule has 2 aromatic heterocycles. The Morgan fingerprint density at radius 2 is 0.900 bits per heavy atom. The van der Waals surface area contributed by atoms with Crippen LogP contribution in [0.15, 0.2) is 91.8 Å². The zero-order valence-electron chi connectivity index (χ0n) is 34.2. The van der Waals surface area contributed by atoms with Gasteiger partial charge in [0.1, 0.15) is 36.1 Å². The Bertz CT molecular complexity index is 1970. The van der Waals surface area contributed by atoms with Gasteiger partial charge >= 0.3 is 12.1 Å². The summed E-state index contributed by atoms with van der Waals surface area (Å²) in [6.45, 7) is 4.36. The molecule has 2 aliphatic rings. The quantitative estimate of drug-likeness (QED) is 0.0412. The molecule has 0 saturated carbocycles. The minimum atomic E-state index is -0.416. The molecule has 4 aromatic rings. The first-order valence-electron chi connectivity index (χ1n) is 20.4. The fourth-order valence-electron chi connectivity index (χ4n) is 6.96. The van der Waals surface area contributed by atoms with Gasteiger partial charge in [0.15, 0.2) is 0 Å². The van der Waals surface area contributed by atoms with Crippen LogP contribution >= 0.6 is 23.2 Å². The van der Waals surface area contributed by atoms with Gasteiger partial charge in [-0.3, -0.25) is 19.4 Å². The van der Waals surface area contributed by atoms with Crippen molar-refractivity contribution in [1.29, 1.82) is 0 Å². The van der Waals surface area contributed by atoms with Crippen molar-refractivity contribution in [2.75, 3.05) is 66.5 Å². The minimum Gasteiger partial charge on any atom is -0.455 e. The van der Waals surface area contributed by atoms with Gasteiger partial charge < -0.3 is 18.6 Å². The number of carbonyl (C=O) groups is 4. The molecule has 0 spiro atoms. The molecule has 0 N–H and O–H groups in total. The van der Waals surface area contributed by atoms with E-state index >= 15 is 0 Å². The fourth-order valence-corrected chi connectivity index (χ4v) is 7.21. The van der Waals surface area contributed by atoms with Gasteiger partial charge in [0.25, 0.3) is 11.8 Å². The lowest BCUT2D eigenvalue weighted by atomic mass is 10.1. The predicted octanol–water partition coefficient (Wildman–Crippen LogP) is 8.39. The third-order valence-corrected chi connectivity index (χ3v) is 10.9. The third kappa shape index (κ3) is 12.6. The van der Waals surface area contributed by atoms with Crippen LogP contribution in [-0.4, -0.2) is 132 Å². The summed E-state index contributed by atoms with van der Waals surface area (Å²) >= 11 is 11.9. The van der Waals surface area contributed by atoms with Crippen molar-refractivity contribution < 1.29 is 28.0 Å². The Balaban J connectivity index is 0.767. The standard InChI is InChI=1S/C44H52Cl2N8O6/c1-49(25-7-9-27-51-41(55)31-53(43(51)57)47-29-37-19-21-39(59-37)33-11-15-35(45)16-12-33)23-5-3-4-6-24-50(2)26-8-10-28-52-42(56)32-54(44(52)58)48-30-38-20-22-40(60-38)34-13-17-36(46)18-14-34/h11-22,29-30H,3-10,23-28,31-32H2,1-2H3. The van der Waals surface area contributed by atoms with Gasteiger partial charge in [0, 0.05) is 34.3 Å². The van der Waals surface area contributed by atoms with E-state index < -0.39 is 12.1 Å². The van der Waals surface area contributed by atoms with Crippen LogP contribution in [0.1, 0.15) is 62.9 Å². The van der Waals surface area contributed by atoms with Gasteiger partial charge in [-0.25, -0.2) is 19.6 Å². The van der Waals surface area contributed by atoms with Crippen molar-refractivity contribution in [3.8, 4) is 22.6 Å². The Labute approximate surface area is 360 Å². The van der Waals surface area contributed by atoms with Gasteiger partial charge in [0.2, 0.25) is 0 Å². The van der Waals surface area contributed by atoms with Crippen LogP contribution in [0, 0.1) is 0 Å². The van der Waals surface area contributed by atoms with Crippen LogP contribution in [0.4, 0.5) is 9.59 Å². The van der Waals surface area contributed by atoms with Crippen molar-refractivity contribution >= 4 is 59.5 Å². The Morgan fingerprint density at radius 3 is 1.28 bits per heavy atom. The molecule has 60 heavy (non-hydrogen) atoms. The number of carbonyl (C=O) groups excluding carboxylic acids is 4. The molecule has 318 valence electrons. The predicted molar refractivity (Wildman–Crippen MR) is 233 cm³/mol. The number of amides is 6. The lowest BCUT2D eigenvalue weighted by molar-refractivity contribution is -0.126. The van der Waals surface area contributed by atoms with Gasteiger partial charge in [-0.15, -0.1) is 0 Å². The highest BCUT2D eigenvalue weighted by molar-refractivity contribution is 6.30. The lowest BCUT2D eigenvalue weighted by Gasteiger charge is -2.19. The number of imide groups is 2. The number of urea groups is 2. The lowest BCUT2D eigenvalue weighted by Crippen LogP contribution is -2.32. The second-order valence-electron chi connectivity index (χ2n) is 15.1. The SMILES string of the molecule is CN(CCCCCCN(C)CCCCN1C(=O)CN(N=Cc2ccc(-c3ccc(Cl)cc3)o2)C1=O)CCCCN1C(=O)CN(N=Cc2ccc(-c3ccc(Cl)cc3)o2)C1=O. The smallest absolute Gasteiger partial charge is 0.347 e. The van der Waals surface area contributed by atoms with Crippen LogP contribution in [0.25, 0.3) is 22.6 Å². The molecule has 2 aliphatic heterocycles. The van der Waals surface area contributed by atoms with Crippen molar-refractivity contribution in [3.63, 3.8) is 0 Å². The largest absolute Gasteiger partial charge is 0.455 e. The van der Waals surface area contributed by atoms with Gasteiger partial charge in [-0.2, -0.15) is 10.2 Å². The molecule has 0 radical (unpaired) electrons. The van der Waals surface area contributed by atoms with Gasteiger partial charge in [-0.1, -0.05) is 36.0 Å². The highest BCUT2D eigenvalue weighted by atomic mass is 35.5. The van der Waals surface area contributed by atoms with Gasteiger partial charge in [-0.05, 0) is 152 Å². The number of hydrazone groups is 2. The molecule has 4 heterocycles. The Kier molecular flexibility index (Phi) is 16.1. The highest BCUT2D eigenvalue weighted by Crippen LogP contribution is 2.25. The molecule has 2 aromatic carbocycles. The number of furan rings is 2. The van der Waals surface area contributed by atoms with Crippen molar-refractivity contribution in [3.05, 3.63) is 94.4 Å². The molecule has 16 heteroatoms. The summed E-state index contributed by atoms with van der Waals surface area (Å²) < 4.78 is 11.6. The van der Waals surface area contributed by atoms with Crippen LogP contribution in [0.2, 0.25) is 10.0 Å². The van der Waals surface area contributed by atoms with E-state index in [0.29, 0.717) is 46.2 Å². The van der Waals surface area contributed by atoms with E-state index in [1.54, 1.807) is 36.4 Å². The number of nitrogens with zero attached hydrogens (tertiary/aromatic N) is 8. The monoisotopic (exact) mass is 858 g/mol. The average molecular weight is 860 g/mol. The van der Waals surface area contributed by atoms with E-state index in [-0.39, 0.29) is 24.9 Å². The van der Waals surface area contributed by atoms with Crippen molar-refractivity contribution in [1.82, 2.24) is 29.6 Å². The third-order valence-electron chi connectivity index (χ3n) is 10.4. The van der Waals surface area contributed by atoms with E-state index in [0.717, 1.165) is 88.7 Å². The summed E-state index contributed by atoms with van der Waals surface area (Å²) in [5.41, 5.74) is 1.74. The number of benzene rings is 2. The van der Waals surface area contributed by atoms with E-state index in [2.05, 4.69) is 34.1 Å². The molecule has 14 nitrogen and oxygen atoms in total. The van der Waals surface area contributed by atoms with E-state index in [1.807, 2.05) is 36.4 Å². The van der Waals surface area contributed by atoms with Crippen LogP contribution in [-0.2, 0) is 9.59 Å².